The number of hydrogen-bond acceptors (Lipinski definition) is 5. The standard InChI is InChI=1S/C13H28N2O3/c1-13(2,18-5)12(14)6-7-15-8-10(16-3)11(9-15)17-4/h10-12H,6-9,14H2,1-5H3. The van der Waals surface area contributed by atoms with Crippen molar-refractivity contribution >= 4 is 0 Å². The lowest BCUT2D eigenvalue weighted by molar-refractivity contribution is -0.00461. The molecule has 0 aromatic carbocycles. The number of methoxy groups -OCH3 is 3. The summed E-state index contributed by atoms with van der Waals surface area (Å²) in [7, 11) is 5.18. The second-order valence-electron chi connectivity index (χ2n) is 5.51. The number of nitrogens with two attached hydrogens (primary N) is 1. The summed E-state index contributed by atoms with van der Waals surface area (Å²) in [5.41, 5.74) is 5.88. The first-order valence-corrected chi connectivity index (χ1v) is 6.53. The van der Waals surface area contributed by atoms with E-state index in [9.17, 15) is 0 Å². The van der Waals surface area contributed by atoms with E-state index >= 15 is 0 Å². The number of nitrogens with zero attached hydrogens (tertiary/aromatic N) is 1. The fourth-order valence-electron chi connectivity index (χ4n) is 2.27. The molecule has 0 bridgehead atoms. The van der Waals surface area contributed by atoms with Crippen LogP contribution in [-0.2, 0) is 14.2 Å². The van der Waals surface area contributed by atoms with Crippen molar-refractivity contribution in [3.8, 4) is 0 Å². The van der Waals surface area contributed by atoms with E-state index in [1.165, 1.54) is 0 Å². The Kier molecular flexibility index (Phi) is 6.01. The zero-order valence-electron chi connectivity index (χ0n) is 12.3. The first-order valence-electron chi connectivity index (χ1n) is 6.53. The molecule has 0 aliphatic carbocycles. The van der Waals surface area contributed by atoms with Crippen LogP contribution in [0.4, 0.5) is 0 Å². The summed E-state index contributed by atoms with van der Waals surface area (Å²) in [4.78, 5) is 2.34. The smallest absolute Gasteiger partial charge is 0.0971 e. The lowest BCUT2D eigenvalue weighted by Crippen LogP contribution is -2.46. The van der Waals surface area contributed by atoms with Crippen LogP contribution in [-0.4, -0.2) is 69.7 Å². The van der Waals surface area contributed by atoms with Crippen molar-refractivity contribution < 1.29 is 14.2 Å². The van der Waals surface area contributed by atoms with Crippen LogP contribution in [0.25, 0.3) is 0 Å². The Bertz CT molecular complexity index is 236. The molecule has 0 aromatic rings. The van der Waals surface area contributed by atoms with Crippen molar-refractivity contribution in [2.45, 2.75) is 44.1 Å². The van der Waals surface area contributed by atoms with Gasteiger partial charge in [0.05, 0.1) is 17.8 Å². The van der Waals surface area contributed by atoms with Gasteiger partial charge in [-0.3, -0.25) is 4.90 Å². The molecule has 1 heterocycles. The van der Waals surface area contributed by atoms with Gasteiger partial charge in [0, 0.05) is 40.5 Å². The number of likely N-dealkylation sites (tertiary alicyclic amines) is 1. The van der Waals surface area contributed by atoms with Crippen LogP contribution >= 0.6 is 0 Å². The molecule has 5 heteroatoms. The van der Waals surface area contributed by atoms with E-state index < -0.39 is 0 Å². The van der Waals surface area contributed by atoms with E-state index in [0.29, 0.717) is 0 Å². The molecule has 0 radical (unpaired) electrons. The number of rotatable bonds is 7. The number of ether oxygens (including phenoxy) is 3. The van der Waals surface area contributed by atoms with Crippen molar-refractivity contribution in [3.63, 3.8) is 0 Å². The predicted molar refractivity (Wildman–Crippen MR) is 71.7 cm³/mol. The van der Waals surface area contributed by atoms with Gasteiger partial charge in [0.2, 0.25) is 0 Å². The highest BCUT2D eigenvalue weighted by Gasteiger charge is 2.33. The molecule has 1 fully saturated rings. The predicted octanol–water partition coefficient (Wildman–Crippen LogP) is 0.474. The lowest BCUT2D eigenvalue weighted by atomic mass is 9.96. The van der Waals surface area contributed by atoms with Crippen molar-refractivity contribution in [2.75, 3.05) is 41.0 Å². The third-order valence-corrected chi connectivity index (χ3v) is 4.07. The quantitative estimate of drug-likeness (QED) is 0.721. The molecule has 3 atom stereocenters. The van der Waals surface area contributed by atoms with Gasteiger partial charge in [-0.1, -0.05) is 0 Å². The lowest BCUT2D eigenvalue weighted by Gasteiger charge is -2.31. The highest BCUT2D eigenvalue weighted by molar-refractivity contribution is 4.88. The molecule has 0 aromatic heterocycles. The van der Waals surface area contributed by atoms with Gasteiger partial charge in [0.1, 0.15) is 0 Å². The first-order chi connectivity index (χ1) is 8.44. The maximum Gasteiger partial charge on any atom is 0.0971 e. The van der Waals surface area contributed by atoms with Gasteiger partial charge in [0.15, 0.2) is 0 Å². The SMILES string of the molecule is COC1CN(CCC(N)C(C)(C)OC)CC1OC. The molecule has 0 amide bonds. The molecule has 5 nitrogen and oxygen atoms in total. The zero-order chi connectivity index (χ0) is 13.8. The summed E-state index contributed by atoms with van der Waals surface area (Å²) in [6, 6.07) is 0.0325. The van der Waals surface area contributed by atoms with Gasteiger partial charge in [-0.05, 0) is 26.8 Å². The summed E-state index contributed by atoms with van der Waals surface area (Å²) >= 11 is 0. The second kappa shape index (κ2) is 6.82. The molecule has 0 saturated carbocycles. The minimum absolute atomic E-state index is 0.0325. The van der Waals surface area contributed by atoms with Crippen molar-refractivity contribution in [3.05, 3.63) is 0 Å². The normalized spacial score (nSPS) is 27.7. The second-order valence-corrected chi connectivity index (χ2v) is 5.51. The van der Waals surface area contributed by atoms with Crippen LogP contribution in [0.2, 0.25) is 0 Å². The molecule has 3 unspecified atom stereocenters. The molecule has 1 aliphatic heterocycles. The third-order valence-electron chi connectivity index (χ3n) is 4.07. The number of hydrogen-bond donors (Lipinski definition) is 1. The Morgan fingerprint density at radius 2 is 1.67 bits per heavy atom. The molecular formula is C13H28N2O3. The fourth-order valence-corrected chi connectivity index (χ4v) is 2.27. The Morgan fingerprint density at radius 1 is 1.17 bits per heavy atom. The third kappa shape index (κ3) is 3.90. The van der Waals surface area contributed by atoms with Crippen LogP contribution < -0.4 is 5.73 Å². The summed E-state index contributed by atoms with van der Waals surface area (Å²) < 4.78 is 16.2. The summed E-state index contributed by atoms with van der Waals surface area (Å²) in [6.07, 6.45) is 1.25. The molecule has 1 aliphatic rings. The average Bonchev–Trinajstić information content (AvgIpc) is 2.78. The Morgan fingerprint density at radius 3 is 2.06 bits per heavy atom. The van der Waals surface area contributed by atoms with Crippen molar-refractivity contribution in [1.29, 1.82) is 0 Å². The molecule has 2 N–H and O–H groups in total. The maximum absolute atomic E-state index is 6.16. The summed E-state index contributed by atoms with van der Waals surface area (Å²) in [5.74, 6) is 0. The van der Waals surface area contributed by atoms with Gasteiger partial charge in [0.25, 0.3) is 0 Å². The van der Waals surface area contributed by atoms with E-state index in [0.717, 1.165) is 26.1 Å². The van der Waals surface area contributed by atoms with Crippen LogP contribution in [0.5, 0.6) is 0 Å². The Hall–Kier alpha value is -0.200. The molecule has 0 spiro atoms. The largest absolute Gasteiger partial charge is 0.377 e. The van der Waals surface area contributed by atoms with Crippen LogP contribution in [0, 0.1) is 0 Å². The topological polar surface area (TPSA) is 57.0 Å². The van der Waals surface area contributed by atoms with E-state index in [1.807, 2.05) is 13.8 Å². The van der Waals surface area contributed by atoms with Gasteiger partial charge >= 0.3 is 0 Å². The van der Waals surface area contributed by atoms with Gasteiger partial charge in [-0.15, -0.1) is 0 Å². The van der Waals surface area contributed by atoms with E-state index in [1.54, 1.807) is 21.3 Å². The molecular weight excluding hydrogens is 232 g/mol. The summed E-state index contributed by atoms with van der Waals surface area (Å²) in [5, 5.41) is 0. The Balaban J connectivity index is 2.37. The Labute approximate surface area is 111 Å². The first kappa shape index (κ1) is 15.9. The minimum Gasteiger partial charge on any atom is -0.377 e. The van der Waals surface area contributed by atoms with Gasteiger partial charge in [-0.25, -0.2) is 0 Å². The molecule has 18 heavy (non-hydrogen) atoms. The highest BCUT2D eigenvalue weighted by atomic mass is 16.5. The van der Waals surface area contributed by atoms with Gasteiger partial charge in [-0.2, -0.15) is 0 Å². The van der Waals surface area contributed by atoms with E-state index in [-0.39, 0.29) is 23.9 Å². The monoisotopic (exact) mass is 260 g/mol. The van der Waals surface area contributed by atoms with Crippen LogP contribution in [0.1, 0.15) is 20.3 Å². The molecule has 1 saturated heterocycles. The van der Waals surface area contributed by atoms with Crippen molar-refractivity contribution in [1.82, 2.24) is 4.90 Å². The summed E-state index contributed by atoms with van der Waals surface area (Å²) in [6.45, 7) is 6.83. The fraction of sp³-hybridized carbons (Fsp3) is 1.00. The van der Waals surface area contributed by atoms with Gasteiger partial charge < -0.3 is 19.9 Å². The average molecular weight is 260 g/mol. The van der Waals surface area contributed by atoms with E-state index in [2.05, 4.69) is 4.90 Å². The zero-order valence-corrected chi connectivity index (χ0v) is 12.3. The van der Waals surface area contributed by atoms with Crippen LogP contribution in [0.3, 0.4) is 0 Å². The van der Waals surface area contributed by atoms with E-state index in [4.69, 9.17) is 19.9 Å². The van der Waals surface area contributed by atoms with Crippen LogP contribution in [0.15, 0.2) is 0 Å². The van der Waals surface area contributed by atoms with Crippen molar-refractivity contribution in [2.24, 2.45) is 5.73 Å². The molecule has 1 rings (SSSR count). The molecule has 108 valence electrons. The maximum atomic E-state index is 6.16. The highest BCUT2D eigenvalue weighted by Crippen LogP contribution is 2.19. The minimum atomic E-state index is -0.277.